The predicted octanol–water partition coefficient (Wildman–Crippen LogP) is 2.12. The summed E-state index contributed by atoms with van der Waals surface area (Å²) in [6.45, 7) is 1.57. The molecule has 2 heterocycles. The van der Waals surface area contributed by atoms with Crippen LogP contribution in [0.3, 0.4) is 0 Å². The molecule has 2 fully saturated rings. The first-order valence-corrected chi connectivity index (χ1v) is 7.46. The van der Waals surface area contributed by atoms with E-state index in [1.54, 1.807) is 12.1 Å². The summed E-state index contributed by atoms with van der Waals surface area (Å²) < 4.78 is 0.612. The van der Waals surface area contributed by atoms with Gasteiger partial charge in [0.25, 0.3) is 5.91 Å². The van der Waals surface area contributed by atoms with E-state index in [2.05, 4.69) is 21.2 Å². The number of fused-ring (bicyclic) bond motifs is 2. The van der Waals surface area contributed by atoms with E-state index in [1.807, 2.05) is 4.90 Å². The van der Waals surface area contributed by atoms with Gasteiger partial charge >= 0.3 is 0 Å². The monoisotopic (exact) mass is 324 g/mol. The van der Waals surface area contributed by atoms with Gasteiger partial charge in [-0.2, -0.15) is 0 Å². The van der Waals surface area contributed by atoms with Gasteiger partial charge in [-0.05, 0) is 53.4 Å². The highest BCUT2D eigenvalue weighted by molar-refractivity contribution is 9.10. The summed E-state index contributed by atoms with van der Waals surface area (Å²) >= 11 is 3.23. The highest BCUT2D eigenvalue weighted by Crippen LogP contribution is 2.26. The van der Waals surface area contributed by atoms with Gasteiger partial charge in [-0.25, -0.2) is 0 Å². The van der Waals surface area contributed by atoms with Gasteiger partial charge in [-0.3, -0.25) is 4.79 Å². The fraction of sp³-hybridized carbons (Fsp3) is 0.500. The van der Waals surface area contributed by atoms with Gasteiger partial charge in [0.15, 0.2) is 0 Å². The molecule has 3 rings (SSSR count). The van der Waals surface area contributed by atoms with Gasteiger partial charge in [-0.15, -0.1) is 0 Å². The van der Waals surface area contributed by atoms with Gasteiger partial charge < -0.3 is 15.3 Å². The van der Waals surface area contributed by atoms with Crippen LogP contribution in [-0.4, -0.2) is 41.1 Å². The van der Waals surface area contributed by atoms with E-state index in [0.717, 1.165) is 25.9 Å². The van der Waals surface area contributed by atoms with Crippen molar-refractivity contribution in [2.24, 2.45) is 0 Å². The van der Waals surface area contributed by atoms with E-state index >= 15 is 0 Å². The summed E-state index contributed by atoms with van der Waals surface area (Å²) in [5.74, 6) is 0.123. The predicted molar refractivity (Wildman–Crippen MR) is 76.3 cm³/mol. The molecule has 19 heavy (non-hydrogen) atoms. The van der Waals surface area contributed by atoms with Crippen molar-refractivity contribution >= 4 is 21.8 Å². The van der Waals surface area contributed by atoms with E-state index < -0.39 is 0 Å². The van der Waals surface area contributed by atoms with Crippen molar-refractivity contribution in [3.05, 3.63) is 28.2 Å². The van der Waals surface area contributed by atoms with E-state index in [4.69, 9.17) is 0 Å². The number of aromatic hydroxyl groups is 1. The number of hydrogen-bond acceptors (Lipinski definition) is 3. The molecule has 2 atom stereocenters. The Morgan fingerprint density at radius 2 is 2.11 bits per heavy atom. The maximum absolute atomic E-state index is 12.5. The van der Waals surface area contributed by atoms with E-state index in [1.165, 1.54) is 12.5 Å². The Kier molecular flexibility index (Phi) is 3.50. The fourth-order valence-corrected chi connectivity index (χ4v) is 3.20. The lowest BCUT2D eigenvalue weighted by Gasteiger charge is -2.24. The molecule has 0 spiro atoms. The van der Waals surface area contributed by atoms with Gasteiger partial charge in [0.2, 0.25) is 0 Å². The standard InChI is InChI=1S/C14H17BrN2O2/c15-12-4-1-9(7-13(12)18)14(19)17-6-5-10-2-3-11(8-17)16-10/h1,4,7,10-11,16,18H,2-3,5-6,8H2. The molecular formula is C14H17BrN2O2. The molecule has 102 valence electrons. The molecular weight excluding hydrogens is 308 g/mol. The third-order valence-electron chi connectivity index (χ3n) is 4.00. The van der Waals surface area contributed by atoms with Crippen LogP contribution in [0.2, 0.25) is 0 Å². The van der Waals surface area contributed by atoms with Gasteiger partial charge in [0.05, 0.1) is 4.47 Å². The minimum Gasteiger partial charge on any atom is -0.507 e. The number of benzene rings is 1. The van der Waals surface area contributed by atoms with E-state index in [-0.39, 0.29) is 11.7 Å². The molecule has 0 saturated carbocycles. The minimum absolute atomic E-state index is 0.0113. The van der Waals surface area contributed by atoms with Crippen LogP contribution in [0.1, 0.15) is 29.6 Å². The number of phenols is 1. The quantitative estimate of drug-likeness (QED) is 0.832. The highest BCUT2D eigenvalue weighted by Gasteiger charge is 2.31. The summed E-state index contributed by atoms with van der Waals surface area (Å²) in [7, 11) is 0. The second-order valence-corrected chi connectivity index (χ2v) is 6.20. The number of halogens is 1. The van der Waals surface area contributed by atoms with Crippen molar-refractivity contribution in [2.45, 2.75) is 31.3 Å². The molecule has 2 saturated heterocycles. The number of amides is 1. The summed E-state index contributed by atoms with van der Waals surface area (Å²) in [6.07, 6.45) is 3.40. The number of hydrogen-bond donors (Lipinski definition) is 2. The third kappa shape index (κ3) is 2.62. The van der Waals surface area contributed by atoms with Gasteiger partial charge in [-0.1, -0.05) is 0 Å². The largest absolute Gasteiger partial charge is 0.507 e. The zero-order chi connectivity index (χ0) is 13.4. The van der Waals surface area contributed by atoms with E-state index in [9.17, 15) is 9.90 Å². The van der Waals surface area contributed by atoms with Gasteiger partial charge in [0, 0.05) is 30.7 Å². The zero-order valence-electron chi connectivity index (χ0n) is 10.6. The highest BCUT2D eigenvalue weighted by atomic mass is 79.9. The Morgan fingerprint density at radius 1 is 1.32 bits per heavy atom. The average Bonchev–Trinajstić information content (AvgIpc) is 2.72. The topological polar surface area (TPSA) is 52.6 Å². The number of likely N-dealkylation sites (tertiary alicyclic amines) is 1. The molecule has 1 amide bonds. The Morgan fingerprint density at radius 3 is 2.89 bits per heavy atom. The van der Waals surface area contributed by atoms with Crippen LogP contribution in [-0.2, 0) is 0 Å². The molecule has 1 aromatic rings. The normalized spacial score (nSPS) is 26.3. The summed E-state index contributed by atoms with van der Waals surface area (Å²) in [5.41, 5.74) is 0.554. The van der Waals surface area contributed by atoms with Gasteiger partial charge in [0.1, 0.15) is 5.75 Å². The molecule has 0 aromatic heterocycles. The van der Waals surface area contributed by atoms with Crippen molar-refractivity contribution in [1.29, 1.82) is 0 Å². The Hall–Kier alpha value is -1.07. The molecule has 2 aliphatic heterocycles. The average molecular weight is 325 g/mol. The van der Waals surface area contributed by atoms with E-state index in [0.29, 0.717) is 22.1 Å². The third-order valence-corrected chi connectivity index (χ3v) is 4.67. The smallest absolute Gasteiger partial charge is 0.254 e. The molecule has 2 unspecified atom stereocenters. The first-order valence-electron chi connectivity index (χ1n) is 6.67. The molecule has 0 radical (unpaired) electrons. The van der Waals surface area contributed by atoms with Crippen molar-refractivity contribution in [3.8, 4) is 5.75 Å². The number of phenolic OH excluding ortho intramolecular Hbond substituents is 1. The number of nitrogens with zero attached hydrogens (tertiary/aromatic N) is 1. The van der Waals surface area contributed by atoms with Crippen molar-refractivity contribution < 1.29 is 9.90 Å². The number of carbonyl (C=O) groups is 1. The van der Waals surface area contributed by atoms with Crippen LogP contribution in [0, 0.1) is 0 Å². The maximum atomic E-state index is 12.5. The van der Waals surface area contributed by atoms with Crippen LogP contribution in [0.15, 0.2) is 22.7 Å². The molecule has 1 aromatic carbocycles. The number of carbonyl (C=O) groups excluding carboxylic acids is 1. The molecule has 2 aliphatic rings. The van der Waals surface area contributed by atoms with Crippen LogP contribution in [0.4, 0.5) is 0 Å². The minimum atomic E-state index is 0.0113. The summed E-state index contributed by atoms with van der Waals surface area (Å²) in [5, 5.41) is 13.2. The number of rotatable bonds is 1. The first kappa shape index (κ1) is 12.9. The molecule has 2 N–H and O–H groups in total. The lowest BCUT2D eigenvalue weighted by molar-refractivity contribution is 0.0747. The molecule has 4 nitrogen and oxygen atoms in total. The maximum Gasteiger partial charge on any atom is 0.254 e. The Balaban J connectivity index is 1.77. The Labute approximate surface area is 120 Å². The molecule has 2 bridgehead atoms. The lowest BCUT2D eigenvalue weighted by Crippen LogP contribution is -2.39. The molecule has 5 heteroatoms. The number of nitrogens with one attached hydrogen (secondary N) is 1. The fourth-order valence-electron chi connectivity index (χ4n) is 2.96. The molecule has 0 aliphatic carbocycles. The lowest BCUT2D eigenvalue weighted by atomic mass is 10.1. The second-order valence-electron chi connectivity index (χ2n) is 5.34. The van der Waals surface area contributed by atoms with Crippen LogP contribution in [0.25, 0.3) is 0 Å². The summed E-state index contributed by atoms with van der Waals surface area (Å²) in [6, 6.07) is 6.00. The zero-order valence-corrected chi connectivity index (χ0v) is 12.2. The Bertz CT molecular complexity index is 506. The SMILES string of the molecule is O=C(c1ccc(Br)c(O)c1)N1CCC2CCC(C1)N2. The second kappa shape index (κ2) is 5.13. The van der Waals surface area contributed by atoms with Crippen molar-refractivity contribution in [1.82, 2.24) is 10.2 Å². The van der Waals surface area contributed by atoms with Crippen LogP contribution in [0.5, 0.6) is 5.75 Å². The summed E-state index contributed by atoms with van der Waals surface area (Å²) in [4.78, 5) is 14.4. The van der Waals surface area contributed by atoms with Crippen LogP contribution >= 0.6 is 15.9 Å². The van der Waals surface area contributed by atoms with Crippen molar-refractivity contribution in [3.63, 3.8) is 0 Å². The van der Waals surface area contributed by atoms with Crippen LogP contribution < -0.4 is 5.32 Å². The van der Waals surface area contributed by atoms with Crippen molar-refractivity contribution in [2.75, 3.05) is 13.1 Å². The first-order chi connectivity index (χ1) is 9.13.